The van der Waals surface area contributed by atoms with E-state index in [0.29, 0.717) is 16.4 Å². The molecule has 3 aromatic rings. The van der Waals surface area contributed by atoms with Gasteiger partial charge in [-0.3, -0.25) is 14.0 Å². The summed E-state index contributed by atoms with van der Waals surface area (Å²) in [6.45, 7) is 0. The van der Waals surface area contributed by atoms with Crippen molar-refractivity contribution >= 4 is 16.4 Å². The van der Waals surface area contributed by atoms with Gasteiger partial charge in [-0.05, 0) is 24.3 Å². The maximum absolute atomic E-state index is 12.2. The zero-order valence-electron chi connectivity index (χ0n) is 8.83. The molecular formula is C13H8N2O2. The lowest BCUT2D eigenvalue weighted by Gasteiger charge is -1.92. The Labute approximate surface area is 95.8 Å². The molecule has 17 heavy (non-hydrogen) atoms. The lowest BCUT2D eigenvalue weighted by atomic mass is 10.2. The molecule has 4 heteroatoms. The molecule has 3 rings (SSSR count). The van der Waals surface area contributed by atoms with E-state index in [1.54, 1.807) is 48.7 Å². The Morgan fingerprint density at radius 2 is 1.59 bits per heavy atom. The van der Waals surface area contributed by atoms with Crippen molar-refractivity contribution in [2.45, 2.75) is 0 Å². The van der Waals surface area contributed by atoms with E-state index >= 15 is 0 Å². The highest BCUT2D eigenvalue weighted by atomic mass is 16.1. The number of benzene rings is 1. The summed E-state index contributed by atoms with van der Waals surface area (Å²) in [5.74, 6) is 0. The topological polar surface area (TPSA) is 51.4 Å². The predicted octanol–water partition coefficient (Wildman–Crippen LogP) is 1.21. The van der Waals surface area contributed by atoms with Crippen molar-refractivity contribution < 1.29 is 0 Å². The minimum Gasteiger partial charge on any atom is -0.268 e. The lowest BCUT2D eigenvalue weighted by molar-refractivity contribution is 1.09. The smallest absolute Gasteiger partial charge is 0.268 e. The molecule has 0 unspecified atom stereocenters. The van der Waals surface area contributed by atoms with E-state index in [1.165, 1.54) is 4.40 Å². The standard InChI is InChI=1S/C13H8N2O2/c16-12-9-5-1-2-6-10(9)13(17)15-8-4-3-7-11(15)14-12/h1-8H. The number of nitrogens with zero attached hydrogens (tertiary/aromatic N) is 2. The van der Waals surface area contributed by atoms with E-state index in [9.17, 15) is 9.59 Å². The zero-order valence-corrected chi connectivity index (χ0v) is 8.83. The van der Waals surface area contributed by atoms with E-state index < -0.39 is 0 Å². The van der Waals surface area contributed by atoms with Crippen LogP contribution in [0.1, 0.15) is 0 Å². The van der Waals surface area contributed by atoms with Gasteiger partial charge >= 0.3 is 0 Å². The maximum atomic E-state index is 12.2. The minimum absolute atomic E-state index is 0.231. The van der Waals surface area contributed by atoms with E-state index in [4.69, 9.17) is 0 Å². The quantitative estimate of drug-likeness (QED) is 0.576. The van der Waals surface area contributed by atoms with Crippen LogP contribution in [0.2, 0.25) is 0 Å². The largest absolute Gasteiger partial charge is 0.279 e. The summed E-state index contributed by atoms with van der Waals surface area (Å²) in [7, 11) is 0. The van der Waals surface area contributed by atoms with Gasteiger partial charge in [-0.2, -0.15) is 4.98 Å². The summed E-state index contributed by atoms with van der Waals surface area (Å²) in [5.41, 5.74) is -0.254. The minimum atomic E-state index is -0.383. The van der Waals surface area contributed by atoms with Gasteiger partial charge < -0.3 is 0 Å². The van der Waals surface area contributed by atoms with Gasteiger partial charge in [-0.1, -0.05) is 18.2 Å². The molecule has 0 fully saturated rings. The molecule has 0 saturated carbocycles. The third-order valence-corrected chi connectivity index (χ3v) is 2.66. The lowest BCUT2D eigenvalue weighted by Crippen LogP contribution is -2.10. The number of hydrogen-bond acceptors (Lipinski definition) is 3. The molecule has 0 aliphatic rings. The second kappa shape index (κ2) is 3.52. The van der Waals surface area contributed by atoms with E-state index in [-0.39, 0.29) is 11.1 Å². The molecule has 0 saturated heterocycles. The Balaban J connectivity index is 2.79. The fourth-order valence-electron chi connectivity index (χ4n) is 1.85. The molecule has 0 radical (unpaired) electrons. The average Bonchev–Trinajstić information content (AvgIpc) is 2.48. The highest BCUT2D eigenvalue weighted by molar-refractivity contribution is 5.80. The highest BCUT2D eigenvalue weighted by Gasteiger charge is 2.04. The number of aromatic nitrogens is 2. The van der Waals surface area contributed by atoms with Crippen molar-refractivity contribution in [1.29, 1.82) is 0 Å². The SMILES string of the molecule is O=c1nc2ccccn2c(=O)c2ccccc12. The fraction of sp³-hybridized carbons (Fsp3) is 0. The molecule has 0 atom stereocenters. The molecule has 4 nitrogen and oxygen atoms in total. The second-order valence-electron chi connectivity index (χ2n) is 3.70. The number of rotatable bonds is 0. The number of pyridine rings is 1. The van der Waals surface area contributed by atoms with Gasteiger partial charge in [0, 0.05) is 6.20 Å². The molecule has 2 heterocycles. The Morgan fingerprint density at radius 3 is 2.41 bits per heavy atom. The zero-order chi connectivity index (χ0) is 11.8. The summed E-state index contributed by atoms with van der Waals surface area (Å²) < 4.78 is 1.38. The van der Waals surface area contributed by atoms with Gasteiger partial charge in [-0.25, -0.2) is 0 Å². The van der Waals surface area contributed by atoms with Gasteiger partial charge in [0.05, 0.1) is 10.8 Å². The van der Waals surface area contributed by atoms with Crippen LogP contribution in [0.15, 0.2) is 58.3 Å². The van der Waals surface area contributed by atoms with Gasteiger partial charge in [0.25, 0.3) is 11.1 Å². The summed E-state index contributed by atoms with van der Waals surface area (Å²) in [6, 6.07) is 11.8. The Hall–Kier alpha value is -2.49. The summed E-state index contributed by atoms with van der Waals surface area (Å²) >= 11 is 0. The number of hydrogen-bond donors (Lipinski definition) is 0. The van der Waals surface area contributed by atoms with Crippen LogP contribution >= 0.6 is 0 Å². The molecule has 0 spiro atoms. The maximum Gasteiger partial charge on any atom is 0.279 e. The predicted molar refractivity (Wildman–Crippen MR) is 65.2 cm³/mol. The first-order chi connectivity index (χ1) is 8.27. The van der Waals surface area contributed by atoms with Gasteiger partial charge in [0.15, 0.2) is 0 Å². The third kappa shape index (κ3) is 1.42. The van der Waals surface area contributed by atoms with Crippen LogP contribution in [0, 0.1) is 0 Å². The van der Waals surface area contributed by atoms with Gasteiger partial charge in [0.2, 0.25) is 0 Å². The molecule has 0 aliphatic carbocycles. The van der Waals surface area contributed by atoms with Gasteiger partial charge in [-0.15, -0.1) is 0 Å². The normalized spacial score (nSPS) is 10.8. The van der Waals surface area contributed by atoms with Crippen molar-refractivity contribution in [2.75, 3.05) is 0 Å². The first kappa shape index (κ1) is 9.72. The fourth-order valence-corrected chi connectivity index (χ4v) is 1.85. The summed E-state index contributed by atoms with van der Waals surface area (Å²) in [6.07, 6.45) is 1.61. The van der Waals surface area contributed by atoms with Crippen LogP contribution in [0.5, 0.6) is 0 Å². The summed E-state index contributed by atoms with van der Waals surface area (Å²) in [5, 5.41) is 0.734. The highest BCUT2D eigenvalue weighted by Crippen LogP contribution is 2.03. The summed E-state index contributed by atoms with van der Waals surface area (Å²) in [4.78, 5) is 28.0. The van der Waals surface area contributed by atoms with Crippen LogP contribution in [-0.4, -0.2) is 9.38 Å². The van der Waals surface area contributed by atoms with Crippen LogP contribution in [0.3, 0.4) is 0 Å². The van der Waals surface area contributed by atoms with Crippen molar-refractivity contribution in [3.8, 4) is 0 Å². The van der Waals surface area contributed by atoms with E-state index in [1.807, 2.05) is 0 Å². The monoisotopic (exact) mass is 224 g/mol. The molecular weight excluding hydrogens is 216 g/mol. The molecule has 82 valence electrons. The van der Waals surface area contributed by atoms with Crippen LogP contribution < -0.4 is 11.1 Å². The number of fused-ring (bicyclic) bond motifs is 2. The third-order valence-electron chi connectivity index (χ3n) is 2.66. The molecule has 0 bridgehead atoms. The van der Waals surface area contributed by atoms with Crippen molar-refractivity contribution in [1.82, 2.24) is 9.38 Å². The van der Waals surface area contributed by atoms with E-state index in [0.717, 1.165) is 0 Å². The molecule has 0 aliphatic heterocycles. The van der Waals surface area contributed by atoms with Crippen LogP contribution in [0.25, 0.3) is 16.4 Å². The average molecular weight is 224 g/mol. The van der Waals surface area contributed by atoms with Gasteiger partial charge in [0.1, 0.15) is 5.65 Å². The molecule has 2 aromatic heterocycles. The molecule has 0 amide bonds. The Morgan fingerprint density at radius 1 is 0.882 bits per heavy atom. The van der Waals surface area contributed by atoms with Crippen molar-refractivity contribution in [3.05, 3.63) is 69.4 Å². The molecule has 0 N–H and O–H groups in total. The van der Waals surface area contributed by atoms with Crippen LogP contribution in [0.4, 0.5) is 0 Å². The first-order valence-corrected chi connectivity index (χ1v) is 5.18. The Kier molecular flexibility index (Phi) is 2.01. The van der Waals surface area contributed by atoms with Crippen molar-refractivity contribution in [2.24, 2.45) is 0 Å². The van der Waals surface area contributed by atoms with Crippen molar-refractivity contribution in [3.63, 3.8) is 0 Å². The van der Waals surface area contributed by atoms with E-state index in [2.05, 4.69) is 4.98 Å². The first-order valence-electron chi connectivity index (χ1n) is 5.18. The Bertz CT molecular complexity index is 837. The van der Waals surface area contributed by atoms with Crippen LogP contribution in [-0.2, 0) is 0 Å². The second-order valence-corrected chi connectivity index (χ2v) is 3.70. The molecule has 1 aromatic carbocycles.